The van der Waals surface area contributed by atoms with Gasteiger partial charge >= 0.3 is 0 Å². The lowest BCUT2D eigenvalue weighted by atomic mass is 10.1. The van der Waals surface area contributed by atoms with Crippen LogP contribution in [0.1, 0.15) is 18.4 Å². The van der Waals surface area contributed by atoms with Gasteiger partial charge in [0.05, 0.1) is 0 Å². The van der Waals surface area contributed by atoms with Crippen LogP contribution in [0.5, 0.6) is 0 Å². The van der Waals surface area contributed by atoms with Crippen molar-refractivity contribution in [3.63, 3.8) is 0 Å². The quantitative estimate of drug-likeness (QED) is 0.822. The number of hydrogen-bond donors (Lipinski definition) is 1. The van der Waals surface area contributed by atoms with Crippen LogP contribution in [-0.4, -0.2) is 5.54 Å². The summed E-state index contributed by atoms with van der Waals surface area (Å²) >= 11 is 2.32. The predicted molar refractivity (Wildman–Crippen MR) is 59.0 cm³/mol. The van der Waals surface area contributed by atoms with Crippen LogP contribution in [0.3, 0.4) is 0 Å². The van der Waals surface area contributed by atoms with Crippen LogP contribution in [0, 0.1) is 3.57 Å². The molecule has 0 unspecified atom stereocenters. The van der Waals surface area contributed by atoms with E-state index in [1.54, 1.807) is 0 Å². The number of nitrogens with two attached hydrogens (primary N) is 1. The second kappa shape index (κ2) is 3.00. The molecule has 0 amide bonds. The van der Waals surface area contributed by atoms with Crippen molar-refractivity contribution in [1.82, 2.24) is 0 Å². The lowest BCUT2D eigenvalue weighted by Crippen LogP contribution is -2.24. The van der Waals surface area contributed by atoms with Gasteiger partial charge in [0, 0.05) is 9.11 Å². The Morgan fingerprint density at radius 3 is 2.33 bits per heavy atom. The Balaban J connectivity index is 2.08. The molecule has 0 aliphatic heterocycles. The molecule has 0 aromatic heterocycles. The van der Waals surface area contributed by atoms with E-state index in [0.29, 0.717) is 0 Å². The molecule has 0 radical (unpaired) electrons. The van der Waals surface area contributed by atoms with Gasteiger partial charge < -0.3 is 5.73 Å². The second-order valence-corrected chi connectivity index (χ2v) is 4.91. The summed E-state index contributed by atoms with van der Waals surface area (Å²) < 4.78 is 1.29. The van der Waals surface area contributed by atoms with E-state index in [1.807, 2.05) is 0 Å². The lowest BCUT2D eigenvalue weighted by Gasteiger charge is -2.07. The minimum Gasteiger partial charge on any atom is -0.325 e. The molecular weight excluding hydrogens is 261 g/mol. The third kappa shape index (κ3) is 1.98. The minimum absolute atomic E-state index is 0.146. The summed E-state index contributed by atoms with van der Waals surface area (Å²) in [5.41, 5.74) is 7.53. The first-order chi connectivity index (χ1) is 5.68. The van der Waals surface area contributed by atoms with Crippen LogP contribution in [0.2, 0.25) is 0 Å². The average molecular weight is 273 g/mol. The van der Waals surface area contributed by atoms with Crippen LogP contribution >= 0.6 is 22.6 Å². The fraction of sp³-hybridized carbons (Fsp3) is 0.400. The molecule has 1 aromatic rings. The van der Waals surface area contributed by atoms with Crippen molar-refractivity contribution in [3.05, 3.63) is 33.4 Å². The highest BCUT2D eigenvalue weighted by atomic mass is 127. The molecule has 0 saturated heterocycles. The largest absolute Gasteiger partial charge is 0.325 e. The van der Waals surface area contributed by atoms with Crippen molar-refractivity contribution in [2.24, 2.45) is 5.73 Å². The maximum atomic E-state index is 6.01. The molecule has 1 fully saturated rings. The normalized spacial score (nSPS) is 19.2. The maximum Gasteiger partial charge on any atom is 0.0196 e. The standard InChI is InChI=1S/C10H12IN/c11-9-3-1-8(2-4-9)7-10(12)5-6-10/h1-4H,5-7,12H2. The van der Waals surface area contributed by atoms with E-state index in [1.165, 1.54) is 22.0 Å². The molecule has 0 heterocycles. The first kappa shape index (κ1) is 8.51. The Kier molecular flexibility index (Phi) is 2.12. The van der Waals surface area contributed by atoms with Gasteiger partial charge in [0.1, 0.15) is 0 Å². The van der Waals surface area contributed by atoms with Gasteiger partial charge in [-0.3, -0.25) is 0 Å². The van der Waals surface area contributed by atoms with Crippen molar-refractivity contribution in [2.75, 3.05) is 0 Å². The number of hydrogen-bond acceptors (Lipinski definition) is 1. The Hall–Kier alpha value is -0.0900. The van der Waals surface area contributed by atoms with Crippen LogP contribution in [0.25, 0.3) is 0 Å². The SMILES string of the molecule is NC1(Cc2ccc(I)cc2)CC1. The Labute approximate surface area is 86.5 Å². The molecule has 2 rings (SSSR count). The third-order valence-electron chi connectivity index (χ3n) is 2.36. The van der Waals surface area contributed by atoms with Gasteiger partial charge in [0.15, 0.2) is 0 Å². The molecule has 64 valence electrons. The van der Waals surface area contributed by atoms with Crippen LogP contribution in [-0.2, 0) is 6.42 Å². The molecule has 1 nitrogen and oxygen atoms in total. The fourth-order valence-electron chi connectivity index (χ4n) is 1.35. The second-order valence-electron chi connectivity index (χ2n) is 3.67. The number of halogens is 1. The minimum atomic E-state index is 0.146. The van der Waals surface area contributed by atoms with Gasteiger partial charge in [-0.05, 0) is 59.5 Å². The molecule has 2 N–H and O–H groups in total. The molecule has 1 saturated carbocycles. The van der Waals surface area contributed by atoms with Gasteiger partial charge in [-0.15, -0.1) is 0 Å². The topological polar surface area (TPSA) is 26.0 Å². The summed E-state index contributed by atoms with van der Waals surface area (Å²) in [4.78, 5) is 0. The third-order valence-corrected chi connectivity index (χ3v) is 3.08. The first-order valence-electron chi connectivity index (χ1n) is 4.21. The summed E-state index contributed by atoms with van der Waals surface area (Å²) in [6.45, 7) is 0. The van der Waals surface area contributed by atoms with Gasteiger partial charge in [-0.2, -0.15) is 0 Å². The van der Waals surface area contributed by atoms with E-state index in [2.05, 4.69) is 46.9 Å². The first-order valence-corrected chi connectivity index (χ1v) is 5.29. The summed E-state index contributed by atoms with van der Waals surface area (Å²) in [5.74, 6) is 0. The molecule has 2 heteroatoms. The van der Waals surface area contributed by atoms with Gasteiger partial charge in [-0.1, -0.05) is 12.1 Å². The van der Waals surface area contributed by atoms with Crippen molar-refractivity contribution in [2.45, 2.75) is 24.8 Å². The van der Waals surface area contributed by atoms with Crippen LogP contribution < -0.4 is 5.73 Å². The molecule has 1 aromatic carbocycles. The highest BCUT2D eigenvalue weighted by Crippen LogP contribution is 2.35. The Morgan fingerprint density at radius 1 is 1.25 bits per heavy atom. The zero-order valence-electron chi connectivity index (χ0n) is 6.89. The Morgan fingerprint density at radius 2 is 1.83 bits per heavy atom. The van der Waals surface area contributed by atoms with Crippen molar-refractivity contribution < 1.29 is 0 Å². The molecule has 0 bridgehead atoms. The molecular formula is C10H12IN. The van der Waals surface area contributed by atoms with Gasteiger partial charge in [0.25, 0.3) is 0 Å². The van der Waals surface area contributed by atoms with Crippen LogP contribution in [0.4, 0.5) is 0 Å². The van der Waals surface area contributed by atoms with Crippen molar-refractivity contribution >= 4 is 22.6 Å². The number of rotatable bonds is 2. The average Bonchev–Trinajstić information content (AvgIpc) is 2.74. The molecule has 0 atom stereocenters. The summed E-state index contributed by atoms with van der Waals surface area (Å²) in [6.07, 6.45) is 3.43. The van der Waals surface area contributed by atoms with Crippen molar-refractivity contribution in [1.29, 1.82) is 0 Å². The van der Waals surface area contributed by atoms with E-state index in [9.17, 15) is 0 Å². The highest BCUT2D eigenvalue weighted by molar-refractivity contribution is 14.1. The van der Waals surface area contributed by atoms with E-state index in [0.717, 1.165) is 6.42 Å². The van der Waals surface area contributed by atoms with Crippen LogP contribution in [0.15, 0.2) is 24.3 Å². The highest BCUT2D eigenvalue weighted by Gasteiger charge is 2.37. The summed E-state index contributed by atoms with van der Waals surface area (Å²) in [5, 5.41) is 0. The fourth-order valence-corrected chi connectivity index (χ4v) is 1.71. The zero-order valence-corrected chi connectivity index (χ0v) is 9.04. The summed E-state index contributed by atoms with van der Waals surface area (Å²) in [6, 6.07) is 8.63. The smallest absolute Gasteiger partial charge is 0.0196 e. The maximum absolute atomic E-state index is 6.01. The molecule has 1 aliphatic rings. The Bertz CT molecular complexity index is 274. The van der Waals surface area contributed by atoms with Gasteiger partial charge in [0.2, 0.25) is 0 Å². The van der Waals surface area contributed by atoms with Crippen molar-refractivity contribution in [3.8, 4) is 0 Å². The van der Waals surface area contributed by atoms with E-state index < -0.39 is 0 Å². The lowest BCUT2D eigenvalue weighted by molar-refractivity contribution is 0.672. The molecule has 12 heavy (non-hydrogen) atoms. The predicted octanol–water partition coefficient (Wildman–Crippen LogP) is 2.33. The summed E-state index contributed by atoms with van der Waals surface area (Å²) in [7, 11) is 0. The molecule has 0 spiro atoms. The van der Waals surface area contributed by atoms with E-state index >= 15 is 0 Å². The number of benzene rings is 1. The zero-order chi connectivity index (χ0) is 8.60. The van der Waals surface area contributed by atoms with E-state index in [-0.39, 0.29) is 5.54 Å². The van der Waals surface area contributed by atoms with E-state index in [4.69, 9.17) is 5.73 Å². The monoisotopic (exact) mass is 273 g/mol. The van der Waals surface area contributed by atoms with Gasteiger partial charge in [-0.25, -0.2) is 0 Å². The molecule has 1 aliphatic carbocycles.